The Morgan fingerprint density at radius 3 is 2.50 bits per heavy atom. The van der Waals surface area contributed by atoms with Gasteiger partial charge in [-0.25, -0.2) is 9.18 Å². The fourth-order valence-corrected chi connectivity index (χ4v) is 3.03. The van der Waals surface area contributed by atoms with Crippen molar-refractivity contribution in [3.63, 3.8) is 0 Å². The number of aromatic amines is 1. The van der Waals surface area contributed by atoms with Crippen LogP contribution in [0.4, 0.5) is 4.39 Å². The maximum atomic E-state index is 13.1. The van der Waals surface area contributed by atoms with Crippen molar-refractivity contribution in [2.75, 3.05) is 0 Å². The summed E-state index contributed by atoms with van der Waals surface area (Å²) in [5, 5.41) is 15.3. The summed E-state index contributed by atoms with van der Waals surface area (Å²) >= 11 is 0. The molecule has 1 heterocycles. The average Bonchev–Trinajstić information content (AvgIpc) is 3.11. The number of carboxylic acid groups (broad SMARTS) is 1. The third-order valence-electron chi connectivity index (χ3n) is 4.44. The highest BCUT2D eigenvalue weighted by molar-refractivity contribution is 6.02. The van der Waals surface area contributed by atoms with Gasteiger partial charge in [-0.3, -0.25) is 9.59 Å². The Balaban J connectivity index is 1.83. The number of halogens is 1. The van der Waals surface area contributed by atoms with Crippen LogP contribution < -0.4 is 10.6 Å². The number of nitrogens with one attached hydrogen (secondary N) is 3. The van der Waals surface area contributed by atoms with Crippen LogP contribution in [0.5, 0.6) is 0 Å². The maximum Gasteiger partial charge on any atom is 0.326 e. The van der Waals surface area contributed by atoms with E-state index in [-0.39, 0.29) is 12.1 Å². The number of hydrogen-bond donors (Lipinski definition) is 4. The number of carboxylic acids is 1. The van der Waals surface area contributed by atoms with Crippen LogP contribution >= 0.6 is 0 Å². The maximum absolute atomic E-state index is 13.1. The number of amides is 2. The fourth-order valence-electron chi connectivity index (χ4n) is 3.03. The third kappa shape index (κ3) is 5.11. The minimum Gasteiger partial charge on any atom is -0.480 e. The first-order valence-electron chi connectivity index (χ1n) is 9.17. The van der Waals surface area contributed by atoms with Gasteiger partial charge in [0.05, 0.1) is 0 Å². The van der Waals surface area contributed by atoms with Crippen LogP contribution in [0.15, 0.2) is 60.4 Å². The van der Waals surface area contributed by atoms with E-state index in [9.17, 15) is 23.9 Å². The van der Waals surface area contributed by atoms with E-state index < -0.39 is 29.6 Å². The molecule has 0 fully saturated rings. The molecule has 0 saturated heterocycles. The van der Waals surface area contributed by atoms with Crippen molar-refractivity contribution in [1.82, 2.24) is 15.6 Å². The number of para-hydroxylation sites is 1. The van der Waals surface area contributed by atoms with E-state index in [0.717, 1.165) is 16.5 Å². The van der Waals surface area contributed by atoms with E-state index in [4.69, 9.17) is 0 Å². The summed E-state index contributed by atoms with van der Waals surface area (Å²) in [4.78, 5) is 39.1. The number of aliphatic carboxylic acids is 1. The van der Waals surface area contributed by atoms with Crippen molar-refractivity contribution >= 4 is 34.8 Å². The second kappa shape index (κ2) is 9.04. The van der Waals surface area contributed by atoms with Crippen LogP contribution in [0.1, 0.15) is 18.1 Å². The molecule has 0 aliphatic carbocycles. The zero-order valence-corrected chi connectivity index (χ0v) is 16.1. The van der Waals surface area contributed by atoms with Gasteiger partial charge in [-0.05, 0) is 35.4 Å². The molecule has 7 nitrogen and oxygen atoms in total. The second-order valence-electron chi connectivity index (χ2n) is 6.72. The molecule has 3 rings (SSSR count). The van der Waals surface area contributed by atoms with E-state index in [1.54, 1.807) is 6.20 Å². The number of benzene rings is 2. The van der Waals surface area contributed by atoms with Gasteiger partial charge in [-0.1, -0.05) is 30.3 Å². The standard InChI is InChI=1S/C22H20FN3O4/c1-13(27)25-19(10-14-6-8-16(23)9-7-14)21(28)26-20(22(29)30)11-15-12-24-18-5-3-2-4-17(15)18/h2-10,12,20,24H,11H2,1H3,(H,25,27)(H,26,28)(H,29,30)/b19-10+/t20-/m0/s1. The number of carbonyl (C=O) groups is 3. The summed E-state index contributed by atoms with van der Waals surface area (Å²) in [6, 6.07) is 11.5. The van der Waals surface area contributed by atoms with Crippen LogP contribution in [0.3, 0.4) is 0 Å². The number of hydrogen-bond acceptors (Lipinski definition) is 3. The Morgan fingerprint density at radius 2 is 1.83 bits per heavy atom. The molecule has 4 N–H and O–H groups in total. The quantitative estimate of drug-likeness (QED) is 0.450. The lowest BCUT2D eigenvalue weighted by Gasteiger charge is -2.16. The fraction of sp³-hybridized carbons (Fsp3) is 0.136. The second-order valence-corrected chi connectivity index (χ2v) is 6.72. The molecule has 0 aliphatic heterocycles. The molecule has 0 radical (unpaired) electrons. The molecule has 30 heavy (non-hydrogen) atoms. The van der Waals surface area contributed by atoms with Crippen LogP contribution in [0, 0.1) is 5.82 Å². The first-order chi connectivity index (χ1) is 14.3. The number of H-pyrrole nitrogens is 1. The molecule has 0 aliphatic rings. The highest BCUT2D eigenvalue weighted by Crippen LogP contribution is 2.19. The van der Waals surface area contributed by atoms with Crippen molar-refractivity contribution < 1.29 is 23.9 Å². The van der Waals surface area contributed by atoms with Crippen molar-refractivity contribution in [1.29, 1.82) is 0 Å². The number of aromatic nitrogens is 1. The van der Waals surface area contributed by atoms with E-state index in [1.807, 2.05) is 24.3 Å². The summed E-state index contributed by atoms with van der Waals surface area (Å²) in [5.41, 5.74) is 1.93. The Labute approximate surface area is 171 Å². The zero-order chi connectivity index (χ0) is 21.7. The molecule has 3 aromatic rings. The van der Waals surface area contributed by atoms with Crippen LogP contribution in [0.2, 0.25) is 0 Å². The van der Waals surface area contributed by atoms with Gasteiger partial charge in [0.15, 0.2) is 0 Å². The van der Waals surface area contributed by atoms with Crippen molar-refractivity contribution in [2.45, 2.75) is 19.4 Å². The SMILES string of the molecule is CC(=O)N/C(=C/c1ccc(F)cc1)C(=O)N[C@@H](Cc1c[nH]c2ccccc12)C(=O)O. The summed E-state index contributed by atoms with van der Waals surface area (Å²) in [6.45, 7) is 1.23. The highest BCUT2D eigenvalue weighted by Gasteiger charge is 2.24. The molecule has 1 atom stereocenters. The first-order valence-corrected chi connectivity index (χ1v) is 9.17. The number of fused-ring (bicyclic) bond motifs is 1. The molecule has 8 heteroatoms. The monoisotopic (exact) mass is 409 g/mol. The predicted octanol–water partition coefficient (Wildman–Crippen LogP) is 2.60. The van der Waals surface area contributed by atoms with Crippen LogP contribution in [-0.2, 0) is 20.8 Å². The number of rotatable bonds is 7. The van der Waals surface area contributed by atoms with Crippen LogP contribution in [-0.4, -0.2) is 33.9 Å². The summed E-state index contributed by atoms with van der Waals surface area (Å²) in [7, 11) is 0. The lowest BCUT2D eigenvalue weighted by molar-refractivity contribution is -0.141. The van der Waals surface area contributed by atoms with Gasteiger partial charge in [-0.15, -0.1) is 0 Å². The number of carbonyl (C=O) groups excluding carboxylic acids is 2. The lowest BCUT2D eigenvalue weighted by atomic mass is 10.0. The summed E-state index contributed by atoms with van der Waals surface area (Å²) in [5.74, 6) is -2.91. The lowest BCUT2D eigenvalue weighted by Crippen LogP contribution is -2.45. The van der Waals surface area contributed by atoms with E-state index in [2.05, 4.69) is 15.6 Å². The predicted molar refractivity (Wildman–Crippen MR) is 110 cm³/mol. The molecule has 2 aromatic carbocycles. The van der Waals surface area contributed by atoms with Gasteiger partial charge in [-0.2, -0.15) is 0 Å². The minimum absolute atomic E-state index is 0.0506. The Hall–Kier alpha value is -3.94. The van der Waals surface area contributed by atoms with E-state index in [1.165, 1.54) is 37.3 Å². The molecule has 0 saturated carbocycles. The molecule has 0 spiro atoms. The van der Waals surface area contributed by atoms with Gasteiger partial charge in [0.25, 0.3) is 5.91 Å². The zero-order valence-electron chi connectivity index (χ0n) is 16.1. The van der Waals surface area contributed by atoms with E-state index >= 15 is 0 Å². The smallest absolute Gasteiger partial charge is 0.326 e. The summed E-state index contributed by atoms with van der Waals surface area (Å²) < 4.78 is 13.1. The Bertz CT molecular complexity index is 1120. The molecule has 2 amide bonds. The van der Waals surface area contributed by atoms with Gasteiger partial charge < -0.3 is 20.7 Å². The van der Waals surface area contributed by atoms with Crippen molar-refractivity contribution in [3.8, 4) is 0 Å². The normalized spacial score (nSPS) is 12.4. The van der Waals surface area contributed by atoms with Gasteiger partial charge >= 0.3 is 5.97 Å². The molecular weight excluding hydrogens is 389 g/mol. The Kier molecular flexibility index (Phi) is 6.26. The van der Waals surface area contributed by atoms with Crippen LogP contribution in [0.25, 0.3) is 17.0 Å². The molecule has 154 valence electrons. The molecule has 0 bridgehead atoms. The van der Waals surface area contributed by atoms with E-state index in [0.29, 0.717) is 5.56 Å². The van der Waals surface area contributed by atoms with Gasteiger partial charge in [0.1, 0.15) is 17.6 Å². The minimum atomic E-state index is -1.22. The third-order valence-corrected chi connectivity index (χ3v) is 4.44. The van der Waals surface area contributed by atoms with Crippen molar-refractivity contribution in [2.24, 2.45) is 0 Å². The molecular formula is C22H20FN3O4. The average molecular weight is 409 g/mol. The Morgan fingerprint density at radius 1 is 1.13 bits per heavy atom. The summed E-state index contributed by atoms with van der Waals surface area (Å²) in [6.07, 6.45) is 3.10. The van der Waals surface area contributed by atoms with Gasteiger partial charge in [0.2, 0.25) is 5.91 Å². The molecule has 1 aromatic heterocycles. The highest BCUT2D eigenvalue weighted by atomic mass is 19.1. The topological polar surface area (TPSA) is 111 Å². The largest absolute Gasteiger partial charge is 0.480 e. The molecule has 0 unspecified atom stereocenters. The van der Waals surface area contributed by atoms with Gasteiger partial charge in [0, 0.05) is 30.4 Å². The first kappa shape index (κ1) is 20.8. The van der Waals surface area contributed by atoms with Crippen molar-refractivity contribution in [3.05, 3.63) is 77.4 Å².